The largest absolute Gasteiger partial charge is 0.464 e. The molecule has 2 N–H and O–H groups in total. The Bertz CT molecular complexity index is 572. The van der Waals surface area contributed by atoms with E-state index in [1.165, 1.54) is 18.4 Å². The molecule has 0 fully saturated rings. The molecule has 0 saturated heterocycles. The third-order valence-electron chi connectivity index (χ3n) is 1.90. The van der Waals surface area contributed by atoms with Gasteiger partial charge in [-0.15, -0.1) is 11.3 Å². The number of anilines is 1. The predicted octanol–water partition coefficient (Wildman–Crippen LogP) is 1.29. The fourth-order valence-electron chi connectivity index (χ4n) is 1.12. The molecule has 2 aromatic heterocycles. The fourth-order valence-corrected chi connectivity index (χ4v) is 2.38. The third-order valence-corrected chi connectivity index (χ3v) is 3.42. The van der Waals surface area contributed by atoms with Crippen LogP contribution in [0.3, 0.4) is 0 Å². The number of esters is 1. The monoisotopic (exact) mass is 271 g/mol. The summed E-state index contributed by atoms with van der Waals surface area (Å²) in [5, 5.41) is 6.97. The maximum Gasteiger partial charge on any atom is 0.357 e. The van der Waals surface area contributed by atoms with Crippen LogP contribution in [0.2, 0.25) is 0 Å². The third kappa shape index (κ3) is 2.92. The molecule has 0 bridgehead atoms. The topological polar surface area (TPSA) is 84.1 Å². The van der Waals surface area contributed by atoms with E-state index in [1.54, 1.807) is 10.8 Å². The van der Waals surface area contributed by atoms with Gasteiger partial charge in [-0.2, -0.15) is 0 Å². The summed E-state index contributed by atoms with van der Waals surface area (Å²) in [6.07, 6.45) is 0. The second-order valence-electron chi connectivity index (χ2n) is 3.06. The minimum absolute atomic E-state index is 0.0869. The number of hydrogen-bond donors (Lipinski definition) is 2. The molecule has 0 saturated carbocycles. The van der Waals surface area contributed by atoms with Gasteiger partial charge >= 0.3 is 10.8 Å². The van der Waals surface area contributed by atoms with Crippen LogP contribution in [-0.2, 0) is 11.3 Å². The van der Waals surface area contributed by atoms with Gasteiger partial charge in [0.05, 0.1) is 13.7 Å². The molecule has 2 aromatic rings. The summed E-state index contributed by atoms with van der Waals surface area (Å²) in [7, 11) is 1.31. The molecule has 17 heavy (non-hydrogen) atoms. The van der Waals surface area contributed by atoms with Crippen LogP contribution in [0.25, 0.3) is 0 Å². The smallest absolute Gasteiger partial charge is 0.357 e. The number of nitrogens with one attached hydrogen (secondary N) is 2. The lowest BCUT2D eigenvalue weighted by Crippen LogP contribution is -2.04. The molecule has 0 aliphatic carbocycles. The van der Waals surface area contributed by atoms with E-state index in [0.29, 0.717) is 11.7 Å². The second-order valence-corrected chi connectivity index (χ2v) is 4.76. The van der Waals surface area contributed by atoms with E-state index in [2.05, 4.69) is 20.0 Å². The van der Waals surface area contributed by atoms with Crippen LogP contribution in [0, 0.1) is 0 Å². The summed E-state index contributed by atoms with van der Waals surface area (Å²) in [5.41, 5.74) is 1.06. The predicted molar refractivity (Wildman–Crippen MR) is 65.7 cm³/mol. The van der Waals surface area contributed by atoms with E-state index in [4.69, 9.17) is 0 Å². The first-order valence-electron chi connectivity index (χ1n) is 4.63. The van der Waals surface area contributed by atoms with Crippen LogP contribution in [0.15, 0.2) is 15.6 Å². The van der Waals surface area contributed by atoms with E-state index in [0.717, 1.165) is 17.0 Å². The van der Waals surface area contributed by atoms with Gasteiger partial charge in [0.15, 0.2) is 10.8 Å². The summed E-state index contributed by atoms with van der Waals surface area (Å²) in [6.45, 7) is 0.465. The number of ether oxygens (including phenoxy) is 1. The zero-order chi connectivity index (χ0) is 12.3. The van der Waals surface area contributed by atoms with E-state index in [1.807, 2.05) is 0 Å². The highest BCUT2D eigenvalue weighted by atomic mass is 32.1. The maximum atomic E-state index is 11.2. The Balaban J connectivity index is 1.97. The van der Waals surface area contributed by atoms with Gasteiger partial charge in [0, 0.05) is 16.5 Å². The van der Waals surface area contributed by atoms with Crippen molar-refractivity contribution in [1.82, 2.24) is 9.97 Å². The van der Waals surface area contributed by atoms with Crippen molar-refractivity contribution in [3.8, 4) is 0 Å². The molecule has 0 radical (unpaired) electrons. The molecule has 0 amide bonds. The molecule has 0 spiro atoms. The number of carbonyl (C=O) groups excluding carboxylic acids is 1. The Morgan fingerprint density at radius 3 is 3.00 bits per heavy atom. The minimum atomic E-state index is -0.460. The Morgan fingerprint density at radius 1 is 1.53 bits per heavy atom. The molecule has 0 aliphatic rings. The quantitative estimate of drug-likeness (QED) is 0.819. The number of carbonyl (C=O) groups is 1. The Kier molecular flexibility index (Phi) is 3.55. The molecular weight excluding hydrogens is 262 g/mol. The molecule has 8 heteroatoms. The number of nitrogens with zero attached hydrogens (tertiary/aromatic N) is 1. The number of methoxy groups -OCH3 is 1. The van der Waals surface area contributed by atoms with E-state index in [9.17, 15) is 9.59 Å². The SMILES string of the molecule is COC(=O)c1csc(NCc2csc(=O)[nH]2)n1. The van der Waals surface area contributed by atoms with E-state index in [-0.39, 0.29) is 10.6 Å². The first-order valence-corrected chi connectivity index (χ1v) is 6.39. The summed E-state index contributed by atoms with van der Waals surface area (Å²) < 4.78 is 4.55. The molecular formula is C9H9N3O3S2. The zero-order valence-corrected chi connectivity index (χ0v) is 10.5. The lowest BCUT2D eigenvalue weighted by atomic mass is 10.5. The van der Waals surface area contributed by atoms with Gasteiger partial charge < -0.3 is 15.0 Å². The summed E-state index contributed by atoms with van der Waals surface area (Å²) in [4.78, 5) is 28.7. The van der Waals surface area contributed by atoms with Crippen molar-refractivity contribution < 1.29 is 9.53 Å². The molecule has 90 valence electrons. The van der Waals surface area contributed by atoms with Crippen LogP contribution in [0.1, 0.15) is 16.2 Å². The van der Waals surface area contributed by atoms with Crippen LogP contribution in [-0.4, -0.2) is 23.0 Å². The van der Waals surface area contributed by atoms with Crippen molar-refractivity contribution in [2.75, 3.05) is 12.4 Å². The molecule has 6 nitrogen and oxygen atoms in total. The standard InChI is InChI=1S/C9H9N3O3S2/c1-15-7(13)6-4-16-8(12-6)10-2-5-3-17-9(14)11-5/h3-4H,2H2,1H3,(H,10,12)(H,11,14). The molecule has 0 atom stereocenters. The van der Waals surface area contributed by atoms with Gasteiger partial charge in [0.1, 0.15) is 0 Å². The molecule has 0 aromatic carbocycles. The van der Waals surface area contributed by atoms with Crippen LogP contribution in [0.4, 0.5) is 5.13 Å². The van der Waals surface area contributed by atoms with Crippen LogP contribution in [0.5, 0.6) is 0 Å². The van der Waals surface area contributed by atoms with Crippen molar-refractivity contribution in [1.29, 1.82) is 0 Å². The summed E-state index contributed by atoms with van der Waals surface area (Å²) >= 11 is 2.42. The van der Waals surface area contributed by atoms with Crippen molar-refractivity contribution in [2.24, 2.45) is 0 Å². The average molecular weight is 271 g/mol. The van der Waals surface area contributed by atoms with Gasteiger partial charge in [-0.1, -0.05) is 11.3 Å². The minimum Gasteiger partial charge on any atom is -0.464 e. The van der Waals surface area contributed by atoms with Crippen molar-refractivity contribution in [3.05, 3.63) is 31.8 Å². The number of rotatable bonds is 4. The highest BCUT2D eigenvalue weighted by Gasteiger charge is 2.10. The highest BCUT2D eigenvalue weighted by molar-refractivity contribution is 7.13. The summed E-state index contributed by atoms with van der Waals surface area (Å²) in [6, 6.07) is 0. The molecule has 0 aliphatic heterocycles. The highest BCUT2D eigenvalue weighted by Crippen LogP contribution is 2.16. The average Bonchev–Trinajstić information content (AvgIpc) is 2.94. The van der Waals surface area contributed by atoms with Gasteiger partial charge in [0.25, 0.3) is 0 Å². The zero-order valence-electron chi connectivity index (χ0n) is 8.85. The Hall–Kier alpha value is -1.67. The Morgan fingerprint density at radius 2 is 2.35 bits per heavy atom. The lowest BCUT2D eigenvalue weighted by Gasteiger charge is -1.98. The van der Waals surface area contributed by atoms with Gasteiger partial charge in [-0.05, 0) is 0 Å². The van der Waals surface area contributed by atoms with Gasteiger partial charge in [-0.25, -0.2) is 9.78 Å². The van der Waals surface area contributed by atoms with Crippen molar-refractivity contribution in [3.63, 3.8) is 0 Å². The molecule has 0 unspecified atom stereocenters. The Labute approximate surface area is 104 Å². The van der Waals surface area contributed by atoms with E-state index < -0.39 is 5.97 Å². The first-order chi connectivity index (χ1) is 8.19. The molecule has 2 rings (SSSR count). The van der Waals surface area contributed by atoms with E-state index >= 15 is 0 Å². The summed E-state index contributed by atoms with van der Waals surface area (Å²) in [5.74, 6) is -0.460. The fraction of sp³-hybridized carbons (Fsp3) is 0.222. The molecule has 2 heterocycles. The van der Waals surface area contributed by atoms with Crippen LogP contribution < -0.4 is 10.2 Å². The first kappa shape index (κ1) is 11.8. The number of aromatic nitrogens is 2. The second kappa shape index (κ2) is 5.11. The number of hydrogen-bond acceptors (Lipinski definition) is 7. The van der Waals surface area contributed by atoms with Crippen molar-refractivity contribution >= 4 is 33.8 Å². The number of aromatic amines is 1. The van der Waals surface area contributed by atoms with Crippen molar-refractivity contribution in [2.45, 2.75) is 6.54 Å². The lowest BCUT2D eigenvalue weighted by molar-refractivity contribution is 0.0595. The van der Waals surface area contributed by atoms with Crippen LogP contribution >= 0.6 is 22.7 Å². The van der Waals surface area contributed by atoms with Gasteiger partial charge in [0.2, 0.25) is 0 Å². The number of thiazole rings is 2. The normalized spacial score (nSPS) is 10.2. The number of H-pyrrole nitrogens is 1. The maximum absolute atomic E-state index is 11.2. The van der Waals surface area contributed by atoms with Gasteiger partial charge in [-0.3, -0.25) is 4.79 Å².